The van der Waals surface area contributed by atoms with Crippen LogP contribution in [0, 0.1) is 13.8 Å². The van der Waals surface area contributed by atoms with Gasteiger partial charge in [0, 0.05) is 12.5 Å². The van der Waals surface area contributed by atoms with Gasteiger partial charge in [0.2, 0.25) is 0 Å². The average Bonchev–Trinajstić information content (AvgIpc) is 2.84. The molecule has 0 spiro atoms. The number of carbonyl (C=O) groups excluding carboxylic acids is 1. The average molecular weight is 245 g/mol. The van der Waals surface area contributed by atoms with E-state index in [0.717, 1.165) is 5.56 Å². The van der Waals surface area contributed by atoms with Crippen molar-refractivity contribution >= 4 is 5.78 Å². The topological polar surface area (TPSA) is 29.1 Å². The summed E-state index contributed by atoms with van der Waals surface area (Å²) in [6.45, 7) is 4.72. The maximum atomic E-state index is 11.9. The fourth-order valence-electron chi connectivity index (χ4n) is 2.59. The molecule has 2 nitrogen and oxygen atoms in total. The minimum Gasteiger partial charge on any atom is -0.307 e. The molecule has 0 heterocycles. The quantitative estimate of drug-likeness (QED) is 0.864. The summed E-state index contributed by atoms with van der Waals surface area (Å²) >= 11 is 0. The van der Waals surface area contributed by atoms with Crippen LogP contribution in [0.2, 0.25) is 0 Å². The molecule has 1 saturated carbocycles. The number of nitrogens with one attached hydrogen (secondary N) is 1. The molecule has 0 radical (unpaired) electrons. The Morgan fingerprint density at radius 3 is 2.61 bits per heavy atom. The molecule has 0 saturated heterocycles. The van der Waals surface area contributed by atoms with E-state index >= 15 is 0 Å². The second-order valence-corrected chi connectivity index (χ2v) is 5.50. The van der Waals surface area contributed by atoms with Gasteiger partial charge in [0.05, 0.1) is 6.54 Å². The van der Waals surface area contributed by atoms with E-state index in [1.807, 2.05) is 0 Å². The Morgan fingerprint density at radius 1 is 1.22 bits per heavy atom. The first-order valence-electron chi connectivity index (χ1n) is 6.96. The third kappa shape index (κ3) is 3.67. The van der Waals surface area contributed by atoms with E-state index in [1.54, 1.807) is 0 Å². The van der Waals surface area contributed by atoms with Gasteiger partial charge in [-0.3, -0.25) is 4.79 Å². The van der Waals surface area contributed by atoms with Gasteiger partial charge in [0.25, 0.3) is 0 Å². The molecule has 1 aliphatic carbocycles. The van der Waals surface area contributed by atoms with Crippen molar-refractivity contribution in [3.63, 3.8) is 0 Å². The summed E-state index contributed by atoms with van der Waals surface area (Å²) in [6.07, 6.45) is 5.64. The first-order chi connectivity index (χ1) is 8.65. The number of benzene rings is 1. The number of carbonyl (C=O) groups is 1. The summed E-state index contributed by atoms with van der Waals surface area (Å²) in [7, 11) is 0. The summed E-state index contributed by atoms with van der Waals surface area (Å²) in [5.74, 6) is 0.296. The molecule has 1 N–H and O–H groups in total. The molecule has 0 unspecified atom stereocenters. The van der Waals surface area contributed by atoms with E-state index < -0.39 is 0 Å². The van der Waals surface area contributed by atoms with Crippen LogP contribution in [-0.4, -0.2) is 18.4 Å². The number of hydrogen-bond donors (Lipinski definition) is 1. The Bertz CT molecular complexity index is 419. The third-order valence-corrected chi connectivity index (χ3v) is 3.92. The lowest BCUT2D eigenvalue weighted by Gasteiger charge is -2.11. The van der Waals surface area contributed by atoms with E-state index in [4.69, 9.17) is 0 Å². The van der Waals surface area contributed by atoms with E-state index in [9.17, 15) is 4.79 Å². The van der Waals surface area contributed by atoms with Gasteiger partial charge in [0.15, 0.2) is 5.78 Å². The Balaban J connectivity index is 1.80. The van der Waals surface area contributed by atoms with Gasteiger partial charge in [-0.25, -0.2) is 0 Å². The molecule has 2 heteroatoms. The molecule has 2 rings (SSSR count). The van der Waals surface area contributed by atoms with Crippen molar-refractivity contribution in [3.8, 4) is 0 Å². The van der Waals surface area contributed by atoms with Crippen LogP contribution in [-0.2, 0) is 11.2 Å². The third-order valence-electron chi connectivity index (χ3n) is 3.92. The second-order valence-electron chi connectivity index (χ2n) is 5.50. The molecule has 0 aliphatic heterocycles. The molecular weight excluding hydrogens is 222 g/mol. The predicted octanol–water partition coefficient (Wildman–Crippen LogP) is 2.95. The highest BCUT2D eigenvalue weighted by molar-refractivity contribution is 5.82. The highest BCUT2D eigenvalue weighted by Gasteiger charge is 2.15. The SMILES string of the molecule is Cc1ccc(CC(=O)CNC2CCCC2)cc1C. The van der Waals surface area contributed by atoms with Crippen LogP contribution in [0.3, 0.4) is 0 Å². The predicted molar refractivity (Wildman–Crippen MR) is 74.9 cm³/mol. The lowest BCUT2D eigenvalue weighted by atomic mass is 10.0. The minimum atomic E-state index is 0.296. The van der Waals surface area contributed by atoms with Gasteiger partial charge in [-0.1, -0.05) is 31.0 Å². The molecule has 0 bridgehead atoms. The van der Waals surface area contributed by atoms with Crippen LogP contribution < -0.4 is 5.32 Å². The summed E-state index contributed by atoms with van der Waals surface area (Å²) in [6, 6.07) is 6.87. The standard InChI is InChI=1S/C16H23NO/c1-12-7-8-14(9-13(12)2)10-16(18)11-17-15-5-3-4-6-15/h7-9,15,17H,3-6,10-11H2,1-2H3. The van der Waals surface area contributed by atoms with Crippen molar-refractivity contribution in [2.45, 2.75) is 52.0 Å². The van der Waals surface area contributed by atoms with E-state index in [-0.39, 0.29) is 0 Å². The first-order valence-corrected chi connectivity index (χ1v) is 6.96. The molecule has 1 aromatic rings. The van der Waals surface area contributed by atoms with Crippen LogP contribution in [0.4, 0.5) is 0 Å². The molecule has 1 aromatic carbocycles. The number of rotatable bonds is 5. The van der Waals surface area contributed by atoms with Crippen molar-refractivity contribution in [1.29, 1.82) is 0 Å². The van der Waals surface area contributed by atoms with E-state index in [2.05, 4.69) is 37.4 Å². The normalized spacial score (nSPS) is 16.1. The van der Waals surface area contributed by atoms with Crippen molar-refractivity contribution in [2.75, 3.05) is 6.54 Å². The molecule has 1 aliphatic rings. The Kier molecular flexibility index (Phi) is 4.54. The Morgan fingerprint density at radius 2 is 1.94 bits per heavy atom. The fraction of sp³-hybridized carbons (Fsp3) is 0.562. The highest BCUT2D eigenvalue weighted by Crippen LogP contribution is 2.17. The summed E-state index contributed by atoms with van der Waals surface area (Å²) in [5.41, 5.74) is 3.69. The highest BCUT2D eigenvalue weighted by atomic mass is 16.1. The van der Waals surface area contributed by atoms with E-state index in [0.29, 0.717) is 24.8 Å². The molecular formula is C16H23NO. The minimum absolute atomic E-state index is 0.296. The van der Waals surface area contributed by atoms with Gasteiger partial charge in [-0.15, -0.1) is 0 Å². The van der Waals surface area contributed by atoms with Crippen LogP contribution >= 0.6 is 0 Å². The molecule has 18 heavy (non-hydrogen) atoms. The van der Waals surface area contributed by atoms with Crippen LogP contribution in [0.25, 0.3) is 0 Å². The van der Waals surface area contributed by atoms with Crippen molar-refractivity contribution in [2.24, 2.45) is 0 Å². The van der Waals surface area contributed by atoms with Gasteiger partial charge >= 0.3 is 0 Å². The van der Waals surface area contributed by atoms with Crippen molar-refractivity contribution in [3.05, 3.63) is 34.9 Å². The second kappa shape index (κ2) is 6.14. The van der Waals surface area contributed by atoms with Crippen molar-refractivity contribution < 1.29 is 4.79 Å². The number of ketones is 1. The maximum Gasteiger partial charge on any atom is 0.150 e. The van der Waals surface area contributed by atoms with Gasteiger partial charge in [-0.05, 0) is 43.4 Å². The number of hydrogen-bond acceptors (Lipinski definition) is 2. The summed E-state index contributed by atoms with van der Waals surface area (Å²) in [4.78, 5) is 11.9. The van der Waals surface area contributed by atoms with Gasteiger partial charge in [0.1, 0.15) is 0 Å². The van der Waals surface area contributed by atoms with Gasteiger partial charge < -0.3 is 5.32 Å². The maximum absolute atomic E-state index is 11.9. The Hall–Kier alpha value is -1.15. The molecule has 1 fully saturated rings. The number of Topliss-reactive ketones (excluding diaryl/α,β-unsaturated/α-hetero) is 1. The zero-order chi connectivity index (χ0) is 13.0. The summed E-state index contributed by atoms with van der Waals surface area (Å²) in [5, 5.41) is 3.38. The smallest absolute Gasteiger partial charge is 0.150 e. The number of aryl methyl sites for hydroxylation is 2. The lowest BCUT2D eigenvalue weighted by molar-refractivity contribution is -0.117. The van der Waals surface area contributed by atoms with E-state index in [1.165, 1.54) is 36.8 Å². The van der Waals surface area contributed by atoms with Crippen LogP contribution in [0.5, 0.6) is 0 Å². The molecule has 0 atom stereocenters. The summed E-state index contributed by atoms with van der Waals surface area (Å²) < 4.78 is 0. The fourth-order valence-corrected chi connectivity index (χ4v) is 2.59. The van der Waals surface area contributed by atoms with Gasteiger partial charge in [-0.2, -0.15) is 0 Å². The monoisotopic (exact) mass is 245 g/mol. The first kappa shape index (κ1) is 13.3. The Labute approximate surface area is 110 Å². The molecule has 0 amide bonds. The largest absolute Gasteiger partial charge is 0.307 e. The molecule has 98 valence electrons. The lowest BCUT2D eigenvalue weighted by Crippen LogP contribution is -2.32. The molecule has 0 aromatic heterocycles. The van der Waals surface area contributed by atoms with Crippen LogP contribution in [0.1, 0.15) is 42.4 Å². The zero-order valence-electron chi connectivity index (χ0n) is 11.5. The van der Waals surface area contributed by atoms with Crippen LogP contribution in [0.15, 0.2) is 18.2 Å². The van der Waals surface area contributed by atoms with Crippen molar-refractivity contribution in [1.82, 2.24) is 5.32 Å². The zero-order valence-corrected chi connectivity index (χ0v) is 11.5.